The van der Waals surface area contributed by atoms with E-state index in [2.05, 4.69) is 0 Å². The Morgan fingerprint density at radius 1 is 1.29 bits per heavy atom. The fourth-order valence-electron chi connectivity index (χ4n) is 1.70. The van der Waals surface area contributed by atoms with Crippen molar-refractivity contribution in [1.29, 1.82) is 0 Å². The summed E-state index contributed by atoms with van der Waals surface area (Å²) in [5.41, 5.74) is 12.6. The molecule has 1 rings (SSSR count). The maximum atomic E-state index is 6.09. The van der Waals surface area contributed by atoms with Crippen LogP contribution in [0.5, 0.6) is 11.5 Å². The highest BCUT2D eigenvalue weighted by atomic mass is 16.5. The maximum absolute atomic E-state index is 6.09. The van der Waals surface area contributed by atoms with E-state index >= 15 is 0 Å². The summed E-state index contributed by atoms with van der Waals surface area (Å²) in [6.07, 6.45) is 1.81. The molecule has 0 heterocycles. The molecule has 4 heteroatoms. The van der Waals surface area contributed by atoms with Gasteiger partial charge in [0.15, 0.2) is 11.5 Å². The van der Waals surface area contributed by atoms with E-state index in [-0.39, 0.29) is 6.04 Å². The third-order valence-electron chi connectivity index (χ3n) is 2.63. The maximum Gasteiger partial charge on any atom is 0.161 e. The molecule has 0 saturated heterocycles. The molecule has 1 atom stereocenters. The van der Waals surface area contributed by atoms with Crippen molar-refractivity contribution in [3.8, 4) is 11.5 Å². The van der Waals surface area contributed by atoms with Gasteiger partial charge in [0, 0.05) is 6.04 Å². The Balaban J connectivity index is 2.83. The average Bonchev–Trinajstić information content (AvgIpc) is 2.36. The molecule has 0 amide bonds. The number of benzene rings is 1. The molecule has 0 aliphatic rings. The Hall–Kier alpha value is -1.26. The summed E-state index contributed by atoms with van der Waals surface area (Å²) >= 11 is 0. The van der Waals surface area contributed by atoms with E-state index in [1.807, 2.05) is 25.1 Å². The molecule has 0 unspecified atom stereocenters. The van der Waals surface area contributed by atoms with Gasteiger partial charge in [-0.2, -0.15) is 0 Å². The standard InChI is InChI=1S/C13H22N2O2/c1-3-17-13-9-10(6-7-12(13)16-2)11(15)5-4-8-14/h6-7,9,11H,3-5,8,14-15H2,1-2H3/t11-/m0/s1. The summed E-state index contributed by atoms with van der Waals surface area (Å²) in [5, 5.41) is 0. The molecule has 0 aromatic heterocycles. The predicted octanol–water partition coefficient (Wildman–Crippen LogP) is 1.83. The van der Waals surface area contributed by atoms with Gasteiger partial charge in [0.05, 0.1) is 13.7 Å². The fraction of sp³-hybridized carbons (Fsp3) is 0.538. The Kier molecular flexibility index (Phi) is 5.80. The fourth-order valence-corrected chi connectivity index (χ4v) is 1.70. The van der Waals surface area contributed by atoms with E-state index in [4.69, 9.17) is 20.9 Å². The van der Waals surface area contributed by atoms with Crippen LogP contribution in [-0.4, -0.2) is 20.3 Å². The largest absolute Gasteiger partial charge is 0.493 e. The van der Waals surface area contributed by atoms with Crippen LogP contribution in [0.15, 0.2) is 18.2 Å². The van der Waals surface area contributed by atoms with Crippen molar-refractivity contribution in [3.05, 3.63) is 23.8 Å². The van der Waals surface area contributed by atoms with Crippen LogP contribution in [0.2, 0.25) is 0 Å². The van der Waals surface area contributed by atoms with Crippen LogP contribution in [-0.2, 0) is 0 Å². The van der Waals surface area contributed by atoms with E-state index in [1.54, 1.807) is 7.11 Å². The van der Waals surface area contributed by atoms with Gasteiger partial charge < -0.3 is 20.9 Å². The second-order valence-electron chi connectivity index (χ2n) is 3.88. The molecule has 4 N–H and O–H groups in total. The van der Waals surface area contributed by atoms with Crippen LogP contribution < -0.4 is 20.9 Å². The minimum atomic E-state index is 0.00339. The lowest BCUT2D eigenvalue weighted by Gasteiger charge is -2.15. The van der Waals surface area contributed by atoms with Crippen molar-refractivity contribution in [2.75, 3.05) is 20.3 Å². The van der Waals surface area contributed by atoms with Gasteiger partial charge in [-0.05, 0) is 44.0 Å². The zero-order valence-electron chi connectivity index (χ0n) is 10.6. The highest BCUT2D eigenvalue weighted by molar-refractivity contribution is 5.43. The monoisotopic (exact) mass is 238 g/mol. The van der Waals surface area contributed by atoms with Crippen molar-refractivity contribution in [1.82, 2.24) is 0 Å². The van der Waals surface area contributed by atoms with Crippen LogP contribution in [0.25, 0.3) is 0 Å². The summed E-state index contributed by atoms with van der Waals surface area (Å²) in [4.78, 5) is 0. The molecule has 17 heavy (non-hydrogen) atoms. The minimum Gasteiger partial charge on any atom is -0.493 e. The van der Waals surface area contributed by atoms with Gasteiger partial charge in [-0.25, -0.2) is 0 Å². The normalized spacial score (nSPS) is 12.2. The average molecular weight is 238 g/mol. The second-order valence-corrected chi connectivity index (χ2v) is 3.88. The molecule has 0 aliphatic carbocycles. The Morgan fingerprint density at radius 2 is 2.06 bits per heavy atom. The lowest BCUT2D eigenvalue weighted by molar-refractivity contribution is 0.310. The molecule has 1 aromatic carbocycles. The third kappa shape index (κ3) is 3.91. The summed E-state index contributed by atoms with van der Waals surface area (Å²) in [5.74, 6) is 1.48. The van der Waals surface area contributed by atoms with Gasteiger partial charge in [0.1, 0.15) is 0 Å². The summed E-state index contributed by atoms with van der Waals surface area (Å²) in [6, 6.07) is 5.82. The second kappa shape index (κ2) is 7.14. The molecule has 0 radical (unpaired) electrons. The molecule has 0 spiro atoms. The van der Waals surface area contributed by atoms with Crippen molar-refractivity contribution in [2.24, 2.45) is 11.5 Å². The lowest BCUT2D eigenvalue weighted by Crippen LogP contribution is -2.12. The molecule has 1 aromatic rings. The first-order valence-electron chi connectivity index (χ1n) is 5.99. The molecular weight excluding hydrogens is 216 g/mol. The molecule has 0 fully saturated rings. The first-order valence-corrected chi connectivity index (χ1v) is 5.99. The number of hydrogen-bond acceptors (Lipinski definition) is 4. The minimum absolute atomic E-state index is 0.00339. The summed E-state index contributed by atoms with van der Waals surface area (Å²) in [7, 11) is 1.63. The Morgan fingerprint density at radius 3 is 2.65 bits per heavy atom. The third-order valence-corrected chi connectivity index (χ3v) is 2.63. The quantitative estimate of drug-likeness (QED) is 0.760. The van der Waals surface area contributed by atoms with Crippen molar-refractivity contribution >= 4 is 0 Å². The number of methoxy groups -OCH3 is 1. The highest BCUT2D eigenvalue weighted by Crippen LogP contribution is 2.30. The van der Waals surface area contributed by atoms with E-state index in [1.165, 1.54) is 0 Å². The van der Waals surface area contributed by atoms with Gasteiger partial charge in [-0.1, -0.05) is 6.07 Å². The summed E-state index contributed by atoms with van der Waals surface area (Å²) in [6.45, 7) is 3.22. The van der Waals surface area contributed by atoms with E-state index in [9.17, 15) is 0 Å². The van der Waals surface area contributed by atoms with Crippen molar-refractivity contribution in [3.63, 3.8) is 0 Å². The van der Waals surface area contributed by atoms with E-state index < -0.39 is 0 Å². The molecular formula is C13H22N2O2. The topological polar surface area (TPSA) is 70.5 Å². The highest BCUT2D eigenvalue weighted by Gasteiger charge is 2.10. The van der Waals surface area contributed by atoms with Gasteiger partial charge in [0.25, 0.3) is 0 Å². The van der Waals surface area contributed by atoms with Gasteiger partial charge >= 0.3 is 0 Å². The van der Waals surface area contributed by atoms with Gasteiger partial charge in [0.2, 0.25) is 0 Å². The van der Waals surface area contributed by atoms with Crippen LogP contribution >= 0.6 is 0 Å². The predicted molar refractivity (Wildman–Crippen MR) is 69.4 cm³/mol. The zero-order chi connectivity index (χ0) is 12.7. The van der Waals surface area contributed by atoms with Crippen molar-refractivity contribution < 1.29 is 9.47 Å². The Labute approximate surface area is 103 Å². The molecule has 0 bridgehead atoms. The van der Waals surface area contributed by atoms with Crippen molar-refractivity contribution in [2.45, 2.75) is 25.8 Å². The summed E-state index contributed by atoms with van der Waals surface area (Å²) < 4.78 is 10.7. The number of hydrogen-bond donors (Lipinski definition) is 2. The number of nitrogens with two attached hydrogens (primary N) is 2. The zero-order valence-corrected chi connectivity index (χ0v) is 10.6. The first-order chi connectivity index (χ1) is 8.22. The van der Waals surface area contributed by atoms with Crippen LogP contribution in [0, 0.1) is 0 Å². The van der Waals surface area contributed by atoms with Gasteiger partial charge in [-0.15, -0.1) is 0 Å². The van der Waals surface area contributed by atoms with Crippen LogP contribution in [0.1, 0.15) is 31.4 Å². The van der Waals surface area contributed by atoms with E-state index in [0.717, 1.165) is 29.9 Å². The first kappa shape index (κ1) is 13.8. The van der Waals surface area contributed by atoms with E-state index in [0.29, 0.717) is 13.2 Å². The molecule has 0 saturated carbocycles. The molecule has 96 valence electrons. The lowest BCUT2D eigenvalue weighted by atomic mass is 10.0. The Bertz CT molecular complexity index is 342. The van der Waals surface area contributed by atoms with Crippen LogP contribution in [0.3, 0.4) is 0 Å². The smallest absolute Gasteiger partial charge is 0.161 e. The number of ether oxygens (including phenoxy) is 2. The van der Waals surface area contributed by atoms with Crippen LogP contribution in [0.4, 0.5) is 0 Å². The number of rotatable bonds is 7. The molecule has 4 nitrogen and oxygen atoms in total. The SMILES string of the molecule is CCOc1cc([C@@H](N)CCCN)ccc1OC. The van der Waals surface area contributed by atoms with Gasteiger partial charge in [-0.3, -0.25) is 0 Å². The molecule has 0 aliphatic heterocycles.